The van der Waals surface area contributed by atoms with Crippen molar-refractivity contribution in [3.63, 3.8) is 0 Å². The summed E-state index contributed by atoms with van der Waals surface area (Å²) in [6, 6.07) is 45.4. The SMILES string of the molecule is CC(C)(C)c1ccc(N2c3ccc(C(C)(C)C)cc3B3c4cc(C(C)(C)C)ccc4N(c4ccc(C(C)(C)C)cc4-c4ccc5c(c4)C(C)(C)CC5(C)C)c4cc(C56CC7CC(CC(C7)C5)C6)cc2c43)cc1. The molecule has 13 rings (SSSR count). The zero-order valence-corrected chi connectivity index (χ0v) is 47.0. The minimum Gasteiger partial charge on any atom is -0.311 e. The summed E-state index contributed by atoms with van der Waals surface area (Å²) in [5, 5.41) is 0. The summed E-state index contributed by atoms with van der Waals surface area (Å²) in [6.45, 7) is 38.4. The standard InChI is InChI=1S/C69H83BN2/c1-63(2,3)46-18-23-51(24-19-46)71-58-27-21-48(65(7,8)9)34-55(58)70-56-35-49(66(10,11)12)22-28-59(56)72(61-37-50(36-60(71)62(61)70)69-38-42-29-43(39-69)31-44(30-42)40-69)57-26-20-47(64(4,5)6)33-52(57)45-17-25-53-54(32-45)68(15,16)41-67(53,13)14/h17-28,32-37,42-44H,29-31,38-41H2,1-16H3. The van der Waals surface area contributed by atoms with Gasteiger partial charge in [0.15, 0.2) is 0 Å². The number of hydrogen-bond donors (Lipinski definition) is 0. The van der Waals surface area contributed by atoms with Crippen molar-refractivity contribution in [2.24, 2.45) is 17.8 Å². The van der Waals surface area contributed by atoms with Crippen molar-refractivity contribution in [3.05, 3.63) is 148 Å². The topological polar surface area (TPSA) is 6.48 Å². The van der Waals surface area contributed by atoms with Crippen molar-refractivity contribution in [1.82, 2.24) is 0 Å². The van der Waals surface area contributed by atoms with Crippen LogP contribution in [0.3, 0.4) is 0 Å². The van der Waals surface area contributed by atoms with E-state index in [1.54, 1.807) is 5.56 Å². The summed E-state index contributed by atoms with van der Waals surface area (Å²) in [7, 11) is 0. The average molecular weight is 951 g/mol. The van der Waals surface area contributed by atoms with Crippen LogP contribution in [0.2, 0.25) is 0 Å². The van der Waals surface area contributed by atoms with Crippen LogP contribution in [-0.4, -0.2) is 6.71 Å². The predicted molar refractivity (Wildman–Crippen MR) is 311 cm³/mol. The molecule has 372 valence electrons. The van der Waals surface area contributed by atoms with Crippen molar-refractivity contribution in [2.75, 3.05) is 9.80 Å². The van der Waals surface area contributed by atoms with E-state index in [0.29, 0.717) is 0 Å². The second-order valence-corrected chi connectivity index (χ2v) is 29.8. The van der Waals surface area contributed by atoms with Crippen LogP contribution in [0, 0.1) is 17.8 Å². The maximum absolute atomic E-state index is 2.78. The summed E-state index contributed by atoms with van der Waals surface area (Å²) < 4.78 is 0. The first-order valence-electron chi connectivity index (χ1n) is 28.1. The van der Waals surface area contributed by atoms with Gasteiger partial charge in [-0.1, -0.05) is 171 Å². The number of anilines is 6. The third-order valence-corrected chi connectivity index (χ3v) is 19.2. The minimum absolute atomic E-state index is 0.0141. The third-order valence-electron chi connectivity index (χ3n) is 19.2. The molecule has 2 aliphatic heterocycles. The van der Waals surface area contributed by atoms with Crippen LogP contribution in [0.4, 0.5) is 34.1 Å². The molecule has 0 radical (unpaired) electrons. The van der Waals surface area contributed by atoms with E-state index in [-0.39, 0.29) is 44.6 Å². The zero-order chi connectivity index (χ0) is 51.0. The van der Waals surface area contributed by atoms with E-state index in [1.807, 2.05) is 0 Å². The number of nitrogens with zero attached hydrogens (tertiary/aromatic N) is 2. The van der Waals surface area contributed by atoms with Gasteiger partial charge in [-0.05, 0) is 210 Å². The van der Waals surface area contributed by atoms with Crippen molar-refractivity contribution in [3.8, 4) is 11.1 Å². The molecule has 5 aliphatic carbocycles. The van der Waals surface area contributed by atoms with Gasteiger partial charge in [0.1, 0.15) is 0 Å². The summed E-state index contributed by atoms with van der Waals surface area (Å²) in [5.74, 6) is 2.52. The number of fused-ring (bicyclic) bond motifs is 5. The van der Waals surface area contributed by atoms with Crippen LogP contribution in [0.1, 0.15) is 195 Å². The van der Waals surface area contributed by atoms with E-state index in [2.05, 4.69) is 230 Å². The molecular formula is C69H83BN2. The molecule has 7 aliphatic rings. The molecule has 6 aromatic carbocycles. The molecular weight excluding hydrogens is 868 g/mol. The quantitative estimate of drug-likeness (QED) is 0.162. The number of hydrogen-bond acceptors (Lipinski definition) is 2. The molecule has 0 unspecified atom stereocenters. The van der Waals surface area contributed by atoms with Crippen LogP contribution >= 0.6 is 0 Å². The Hall–Kier alpha value is -5.02. The largest absolute Gasteiger partial charge is 0.311 e. The Kier molecular flexibility index (Phi) is 10.3. The normalized spacial score (nSPS) is 23.5. The molecule has 4 saturated carbocycles. The van der Waals surface area contributed by atoms with E-state index >= 15 is 0 Å². The van der Waals surface area contributed by atoms with E-state index in [4.69, 9.17) is 0 Å². The van der Waals surface area contributed by atoms with Gasteiger partial charge in [0.2, 0.25) is 0 Å². The Morgan fingerprint density at radius 2 is 0.875 bits per heavy atom. The summed E-state index contributed by atoms with van der Waals surface area (Å²) in [6.07, 6.45) is 9.43. The Labute approximate surface area is 435 Å². The molecule has 2 nitrogen and oxygen atoms in total. The summed E-state index contributed by atoms with van der Waals surface area (Å²) >= 11 is 0. The first-order valence-corrected chi connectivity index (χ1v) is 28.1. The van der Waals surface area contributed by atoms with Crippen LogP contribution in [0.15, 0.2) is 109 Å². The van der Waals surface area contributed by atoms with Gasteiger partial charge in [0.05, 0.1) is 5.69 Å². The molecule has 0 saturated heterocycles. The fourth-order valence-corrected chi connectivity index (χ4v) is 15.9. The van der Waals surface area contributed by atoms with Gasteiger partial charge in [-0.25, -0.2) is 0 Å². The maximum atomic E-state index is 2.78. The lowest BCUT2D eigenvalue weighted by Crippen LogP contribution is -2.62. The smallest absolute Gasteiger partial charge is 0.252 e. The second kappa shape index (κ2) is 15.5. The Morgan fingerprint density at radius 3 is 1.39 bits per heavy atom. The molecule has 3 heteroatoms. The molecule has 6 aromatic rings. The highest BCUT2D eigenvalue weighted by Gasteiger charge is 2.53. The highest BCUT2D eigenvalue weighted by Crippen LogP contribution is 2.62. The number of rotatable bonds is 4. The maximum Gasteiger partial charge on any atom is 0.252 e. The zero-order valence-electron chi connectivity index (χ0n) is 47.0. The molecule has 4 bridgehead atoms. The monoisotopic (exact) mass is 951 g/mol. The van der Waals surface area contributed by atoms with Gasteiger partial charge in [0.25, 0.3) is 6.71 Å². The van der Waals surface area contributed by atoms with Crippen molar-refractivity contribution in [2.45, 2.75) is 194 Å². The molecule has 72 heavy (non-hydrogen) atoms. The molecule has 0 amide bonds. The van der Waals surface area contributed by atoms with Crippen LogP contribution in [-0.2, 0) is 37.9 Å². The second-order valence-electron chi connectivity index (χ2n) is 29.8. The summed E-state index contributed by atoms with van der Waals surface area (Å²) in [4.78, 5) is 5.49. The van der Waals surface area contributed by atoms with E-state index in [1.165, 1.54) is 134 Å². The van der Waals surface area contributed by atoms with Crippen molar-refractivity contribution < 1.29 is 0 Å². The first-order chi connectivity index (χ1) is 33.6. The van der Waals surface area contributed by atoms with Crippen LogP contribution < -0.4 is 26.2 Å². The first kappa shape index (κ1) is 48.0. The fourth-order valence-electron chi connectivity index (χ4n) is 15.9. The Morgan fingerprint density at radius 1 is 0.431 bits per heavy atom. The van der Waals surface area contributed by atoms with Crippen molar-refractivity contribution >= 4 is 57.2 Å². The van der Waals surface area contributed by atoms with Gasteiger partial charge in [-0.2, -0.15) is 0 Å². The highest BCUT2D eigenvalue weighted by molar-refractivity contribution is 7.00. The lowest BCUT2D eigenvalue weighted by atomic mass is 9.33. The third kappa shape index (κ3) is 7.53. The molecule has 4 fully saturated rings. The minimum atomic E-state index is -0.0264. The lowest BCUT2D eigenvalue weighted by Gasteiger charge is -2.57. The highest BCUT2D eigenvalue weighted by atomic mass is 15.2. The van der Waals surface area contributed by atoms with E-state index < -0.39 is 0 Å². The van der Waals surface area contributed by atoms with Gasteiger partial charge in [-0.3, -0.25) is 0 Å². The average Bonchev–Trinajstić information content (AvgIpc) is 3.48. The van der Waals surface area contributed by atoms with E-state index in [0.717, 1.165) is 24.2 Å². The summed E-state index contributed by atoms with van der Waals surface area (Å²) in [5.41, 5.74) is 25.3. The molecule has 2 heterocycles. The van der Waals surface area contributed by atoms with Gasteiger partial charge in [0, 0.05) is 34.0 Å². The molecule has 0 spiro atoms. The predicted octanol–water partition coefficient (Wildman–Crippen LogP) is 17.1. The molecule has 0 atom stereocenters. The van der Waals surface area contributed by atoms with Gasteiger partial charge in [-0.15, -0.1) is 0 Å². The van der Waals surface area contributed by atoms with Crippen LogP contribution in [0.5, 0.6) is 0 Å². The van der Waals surface area contributed by atoms with Crippen molar-refractivity contribution in [1.29, 1.82) is 0 Å². The molecule has 0 aromatic heterocycles. The lowest BCUT2D eigenvalue weighted by molar-refractivity contribution is -0.00514. The Bertz CT molecular complexity index is 3150. The molecule has 0 N–H and O–H groups in total. The van der Waals surface area contributed by atoms with Gasteiger partial charge >= 0.3 is 0 Å². The fraction of sp³-hybridized carbons (Fsp3) is 0.478. The Balaban J connectivity index is 1.20. The number of benzene rings is 6. The van der Waals surface area contributed by atoms with E-state index in [9.17, 15) is 0 Å². The van der Waals surface area contributed by atoms with Crippen LogP contribution in [0.25, 0.3) is 11.1 Å². The van der Waals surface area contributed by atoms with Gasteiger partial charge < -0.3 is 9.80 Å².